The van der Waals surface area contributed by atoms with Gasteiger partial charge in [-0.2, -0.15) is 0 Å². The molecule has 2 heterocycles. The number of nitro benzene ring substituents is 1. The number of nitro groups is 1. The molecular formula is C21H25N3O5S2. The number of aryl methyl sites for hydroxylation is 1. The molecule has 0 amide bonds. The fraction of sp³-hybridized carbons (Fsp3) is 0.571. The highest BCUT2D eigenvalue weighted by Crippen LogP contribution is 2.33. The van der Waals surface area contributed by atoms with Gasteiger partial charge in [-0.15, -0.1) is 23.5 Å². The summed E-state index contributed by atoms with van der Waals surface area (Å²) in [7, 11) is 0. The maximum absolute atomic E-state index is 13.0. The van der Waals surface area contributed by atoms with E-state index in [-0.39, 0.29) is 22.2 Å². The van der Waals surface area contributed by atoms with E-state index in [1.54, 1.807) is 12.1 Å². The van der Waals surface area contributed by atoms with Crippen LogP contribution in [0.5, 0.6) is 0 Å². The van der Waals surface area contributed by atoms with Gasteiger partial charge in [-0.05, 0) is 42.7 Å². The number of Topliss-reactive ketones (excluding diaryl/α,β-unsaturated/α-hetero) is 2. The van der Waals surface area contributed by atoms with Gasteiger partial charge in [0.1, 0.15) is 12.1 Å². The van der Waals surface area contributed by atoms with Crippen molar-refractivity contribution in [2.45, 2.75) is 54.7 Å². The van der Waals surface area contributed by atoms with Gasteiger partial charge in [0.25, 0.3) is 5.69 Å². The Labute approximate surface area is 188 Å². The van der Waals surface area contributed by atoms with Crippen molar-refractivity contribution in [1.29, 1.82) is 0 Å². The predicted octanol–water partition coefficient (Wildman–Crippen LogP) is 1.88. The van der Waals surface area contributed by atoms with Crippen LogP contribution >= 0.6 is 23.5 Å². The third-order valence-corrected chi connectivity index (χ3v) is 8.80. The van der Waals surface area contributed by atoms with Crippen LogP contribution in [0.4, 0.5) is 5.69 Å². The summed E-state index contributed by atoms with van der Waals surface area (Å²) in [6.07, 6.45) is 4.47. The Bertz CT molecular complexity index is 896. The zero-order chi connectivity index (χ0) is 22.0. The van der Waals surface area contributed by atoms with E-state index in [0.717, 1.165) is 43.1 Å². The molecule has 1 aromatic carbocycles. The largest absolute Gasteiger partial charge is 0.302 e. The van der Waals surface area contributed by atoms with Crippen LogP contribution in [0.25, 0.3) is 0 Å². The van der Waals surface area contributed by atoms with Gasteiger partial charge < -0.3 is 4.79 Å². The molecule has 5 atom stereocenters. The third kappa shape index (κ3) is 4.87. The van der Waals surface area contributed by atoms with Crippen molar-refractivity contribution in [3.05, 3.63) is 39.4 Å². The topological polar surface area (TPSA) is 118 Å². The minimum atomic E-state index is -0.537. The van der Waals surface area contributed by atoms with Gasteiger partial charge in [0.15, 0.2) is 5.78 Å². The standard InChI is InChI=1S/C21H25N3O5S2/c25-9-16-20(30-10-22-16)19(27)18-21(31-11-23-18)17(26)6-2-12-1-3-14-8-15(24(28)29)5-4-13(14)7-12/h4-5,8-9,12,16,18,20-23H,1-3,6-7,10-11H2/t12?,16-,18-,20?,21?/m1/s1. The first-order chi connectivity index (χ1) is 15.0. The molecule has 0 bridgehead atoms. The Balaban J connectivity index is 1.32. The van der Waals surface area contributed by atoms with Gasteiger partial charge in [-0.1, -0.05) is 6.07 Å². The van der Waals surface area contributed by atoms with Crippen LogP contribution in [0, 0.1) is 16.0 Å². The van der Waals surface area contributed by atoms with E-state index in [1.807, 2.05) is 6.07 Å². The molecule has 4 rings (SSSR count). The molecule has 166 valence electrons. The van der Waals surface area contributed by atoms with Crippen LogP contribution in [0.3, 0.4) is 0 Å². The monoisotopic (exact) mass is 463 g/mol. The van der Waals surface area contributed by atoms with E-state index < -0.39 is 22.6 Å². The normalized spacial score (nSPS) is 30.0. The number of hydrogen-bond acceptors (Lipinski definition) is 9. The van der Waals surface area contributed by atoms with Crippen molar-refractivity contribution < 1.29 is 19.3 Å². The first-order valence-corrected chi connectivity index (χ1v) is 12.6. The van der Waals surface area contributed by atoms with Gasteiger partial charge in [0.2, 0.25) is 0 Å². The fourth-order valence-electron chi connectivity index (χ4n) is 4.63. The van der Waals surface area contributed by atoms with Crippen molar-refractivity contribution in [2.75, 3.05) is 11.8 Å². The Morgan fingerprint density at radius 1 is 1.16 bits per heavy atom. The molecule has 3 aliphatic rings. The molecule has 1 aromatic rings. The minimum absolute atomic E-state index is 0.0661. The van der Waals surface area contributed by atoms with Gasteiger partial charge in [-0.25, -0.2) is 0 Å². The van der Waals surface area contributed by atoms with Crippen LogP contribution < -0.4 is 10.6 Å². The van der Waals surface area contributed by atoms with Crippen molar-refractivity contribution in [3.63, 3.8) is 0 Å². The third-order valence-electron chi connectivity index (χ3n) is 6.36. The molecular weight excluding hydrogens is 438 g/mol. The molecule has 3 unspecified atom stereocenters. The highest BCUT2D eigenvalue weighted by molar-refractivity contribution is 8.01. The molecule has 0 radical (unpaired) electrons. The van der Waals surface area contributed by atoms with Gasteiger partial charge in [0.05, 0.1) is 27.5 Å². The first-order valence-electron chi connectivity index (χ1n) is 10.5. The van der Waals surface area contributed by atoms with Crippen molar-refractivity contribution in [3.8, 4) is 0 Å². The van der Waals surface area contributed by atoms with Crippen molar-refractivity contribution >= 4 is 47.1 Å². The molecule has 1 aliphatic carbocycles. The number of carbonyl (C=O) groups is 3. The summed E-state index contributed by atoms with van der Waals surface area (Å²) in [5.41, 5.74) is 2.29. The first kappa shape index (κ1) is 22.4. The number of fused-ring (bicyclic) bond motifs is 1. The summed E-state index contributed by atoms with van der Waals surface area (Å²) in [4.78, 5) is 47.7. The van der Waals surface area contributed by atoms with E-state index in [2.05, 4.69) is 10.6 Å². The zero-order valence-electron chi connectivity index (χ0n) is 17.0. The lowest BCUT2D eigenvalue weighted by molar-refractivity contribution is -0.384. The smallest absolute Gasteiger partial charge is 0.269 e. The average molecular weight is 464 g/mol. The summed E-state index contributed by atoms with van der Waals surface area (Å²) < 4.78 is 0. The average Bonchev–Trinajstić information content (AvgIpc) is 3.46. The Hall–Kier alpha value is -1.75. The van der Waals surface area contributed by atoms with Crippen LogP contribution in [0.15, 0.2) is 18.2 Å². The quantitative estimate of drug-likeness (QED) is 0.338. The maximum Gasteiger partial charge on any atom is 0.269 e. The molecule has 0 aromatic heterocycles. The summed E-state index contributed by atoms with van der Waals surface area (Å²) >= 11 is 2.89. The Morgan fingerprint density at radius 2 is 1.94 bits per heavy atom. The van der Waals surface area contributed by atoms with E-state index >= 15 is 0 Å². The lowest BCUT2D eigenvalue weighted by Crippen LogP contribution is -2.49. The summed E-state index contributed by atoms with van der Waals surface area (Å²) in [5, 5.41) is 16.3. The molecule has 2 aliphatic heterocycles. The van der Waals surface area contributed by atoms with Gasteiger partial charge >= 0.3 is 0 Å². The summed E-state index contributed by atoms with van der Waals surface area (Å²) in [6, 6.07) is 4.02. The second-order valence-corrected chi connectivity index (χ2v) is 10.5. The Kier molecular flexibility index (Phi) is 7.10. The summed E-state index contributed by atoms with van der Waals surface area (Å²) in [6.45, 7) is 0. The van der Waals surface area contributed by atoms with Crippen LogP contribution in [0.2, 0.25) is 0 Å². The number of nitrogens with one attached hydrogen (secondary N) is 2. The molecule has 31 heavy (non-hydrogen) atoms. The summed E-state index contributed by atoms with van der Waals surface area (Å²) in [5.74, 6) is 1.49. The van der Waals surface area contributed by atoms with E-state index in [9.17, 15) is 24.5 Å². The molecule has 0 saturated carbocycles. The number of non-ortho nitro benzene ring substituents is 1. The zero-order valence-corrected chi connectivity index (χ0v) is 18.6. The SMILES string of the molecule is O=C[C@H]1NCSC1C(=O)[C@H]1NCSC1C(=O)CCC1CCc2cc([N+](=O)[O-])ccc2C1. The van der Waals surface area contributed by atoms with Crippen LogP contribution in [0.1, 0.15) is 30.4 Å². The molecule has 2 fully saturated rings. The van der Waals surface area contributed by atoms with Gasteiger partial charge in [-0.3, -0.25) is 30.3 Å². The number of thioether (sulfide) groups is 2. The van der Waals surface area contributed by atoms with Crippen LogP contribution in [-0.4, -0.2) is 57.1 Å². The number of rotatable bonds is 8. The second kappa shape index (κ2) is 9.81. The molecule has 2 saturated heterocycles. The number of hydrogen-bond donors (Lipinski definition) is 2. The fourth-order valence-corrected chi connectivity index (χ4v) is 6.95. The van der Waals surface area contributed by atoms with E-state index in [0.29, 0.717) is 24.1 Å². The number of benzene rings is 1. The van der Waals surface area contributed by atoms with Crippen LogP contribution in [-0.2, 0) is 27.2 Å². The van der Waals surface area contributed by atoms with E-state index in [1.165, 1.54) is 23.5 Å². The maximum atomic E-state index is 13.0. The predicted molar refractivity (Wildman–Crippen MR) is 120 cm³/mol. The number of carbonyl (C=O) groups excluding carboxylic acids is 3. The highest BCUT2D eigenvalue weighted by atomic mass is 32.2. The number of nitrogens with zero attached hydrogens (tertiary/aromatic N) is 1. The number of aldehydes is 1. The lowest BCUT2D eigenvalue weighted by Gasteiger charge is -2.25. The molecule has 8 nitrogen and oxygen atoms in total. The molecule has 0 spiro atoms. The highest BCUT2D eigenvalue weighted by Gasteiger charge is 2.44. The second-order valence-electron chi connectivity index (χ2n) is 8.24. The molecule has 2 N–H and O–H groups in total. The Morgan fingerprint density at radius 3 is 2.71 bits per heavy atom. The lowest BCUT2D eigenvalue weighted by atomic mass is 9.81. The van der Waals surface area contributed by atoms with E-state index in [4.69, 9.17) is 0 Å². The minimum Gasteiger partial charge on any atom is -0.302 e. The van der Waals surface area contributed by atoms with Crippen molar-refractivity contribution in [2.24, 2.45) is 5.92 Å². The van der Waals surface area contributed by atoms with Gasteiger partial charge in [0, 0.05) is 30.3 Å². The van der Waals surface area contributed by atoms with Crippen molar-refractivity contribution in [1.82, 2.24) is 10.6 Å². The molecule has 10 heteroatoms. The number of ketones is 2.